The van der Waals surface area contributed by atoms with Gasteiger partial charge in [0.1, 0.15) is 4.90 Å². The van der Waals surface area contributed by atoms with Gasteiger partial charge in [0.15, 0.2) is 6.09 Å². The number of halogens is 3. The standard InChI is InChI=1S/C20H19F3N2O5S/c1-19(2,3)16-13-6-4-5-12(15(13)31(29,30)25(16)18(27)28)11-8-7-10(24)9-14(11)17(26)20(21,22)23/h4-9,16H,24H2,1-3H3,(H,27,28)/p-1. The van der Waals surface area contributed by atoms with Gasteiger partial charge in [-0.25, -0.2) is 12.7 Å². The highest BCUT2D eigenvalue weighted by molar-refractivity contribution is 7.90. The highest BCUT2D eigenvalue weighted by Crippen LogP contribution is 2.51. The number of sulfonamides is 1. The van der Waals surface area contributed by atoms with E-state index in [1.54, 1.807) is 20.8 Å². The summed E-state index contributed by atoms with van der Waals surface area (Å²) in [5.74, 6) is -2.20. The summed E-state index contributed by atoms with van der Waals surface area (Å²) >= 11 is 0. The minimum Gasteiger partial charge on any atom is -0.529 e. The molecular weight excluding hydrogens is 437 g/mol. The van der Waals surface area contributed by atoms with Crippen LogP contribution in [0.5, 0.6) is 0 Å². The summed E-state index contributed by atoms with van der Waals surface area (Å²) in [6.45, 7) is 4.85. The van der Waals surface area contributed by atoms with Crippen molar-refractivity contribution in [1.82, 2.24) is 4.31 Å². The van der Waals surface area contributed by atoms with E-state index < -0.39 is 50.0 Å². The summed E-state index contributed by atoms with van der Waals surface area (Å²) in [5.41, 5.74) is 3.21. The zero-order valence-electron chi connectivity index (χ0n) is 16.6. The van der Waals surface area contributed by atoms with Crippen LogP contribution in [0.25, 0.3) is 11.1 Å². The first-order chi connectivity index (χ1) is 14.1. The van der Waals surface area contributed by atoms with E-state index in [2.05, 4.69) is 0 Å². The number of fused-ring (bicyclic) bond motifs is 1. The third-order valence-electron chi connectivity index (χ3n) is 4.93. The molecule has 2 aromatic rings. The van der Waals surface area contributed by atoms with E-state index in [1.807, 2.05) is 0 Å². The van der Waals surface area contributed by atoms with Gasteiger partial charge >= 0.3 is 6.18 Å². The van der Waals surface area contributed by atoms with Gasteiger partial charge in [0.25, 0.3) is 15.8 Å². The van der Waals surface area contributed by atoms with Crippen molar-refractivity contribution < 1.29 is 36.3 Å². The van der Waals surface area contributed by atoms with E-state index in [0.717, 1.165) is 12.1 Å². The van der Waals surface area contributed by atoms with E-state index in [4.69, 9.17) is 5.73 Å². The van der Waals surface area contributed by atoms with E-state index >= 15 is 0 Å². The molecule has 0 saturated heterocycles. The number of hydrogen-bond donors (Lipinski definition) is 1. The Balaban J connectivity index is 2.40. The van der Waals surface area contributed by atoms with Gasteiger partial charge in [-0.2, -0.15) is 13.2 Å². The topological polar surface area (TPSA) is 121 Å². The lowest BCUT2D eigenvalue weighted by Gasteiger charge is -2.35. The SMILES string of the molecule is CC(C)(C)C1c2cccc(-c3ccc(N)cc3C(=O)C(F)(F)F)c2S(=O)(=O)N1C(=O)[O-]. The largest absolute Gasteiger partial charge is 0.529 e. The minimum atomic E-state index is -5.23. The first-order valence-electron chi connectivity index (χ1n) is 8.98. The number of nitrogen functional groups attached to an aromatic ring is 1. The summed E-state index contributed by atoms with van der Waals surface area (Å²) < 4.78 is 66.1. The van der Waals surface area contributed by atoms with Crippen LogP contribution in [-0.2, 0) is 10.0 Å². The molecule has 0 aliphatic carbocycles. The van der Waals surface area contributed by atoms with E-state index in [-0.39, 0.29) is 26.7 Å². The fourth-order valence-electron chi connectivity index (χ4n) is 3.79. The molecule has 1 unspecified atom stereocenters. The predicted molar refractivity (Wildman–Crippen MR) is 103 cm³/mol. The molecule has 2 N–H and O–H groups in total. The summed E-state index contributed by atoms with van der Waals surface area (Å²) in [5, 5.41) is 11.8. The molecule has 1 amide bonds. The summed E-state index contributed by atoms with van der Waals surface area (Å²) in [4.78, 5) is 23.3. The molecule has 0 radical (unpaired) electrons. The molecular formula is C20H18F3N2O5S-. The predicted octanol–water partition coefficient (Wildman–Crippen LogP) is 3.12. The van der Waals surface area contributed by atoms with Crippen LogP contribution < -0.4 is 10.8 Å². The molecule has 0 aromatic heterocycles. The highest BCUT2D eigenvalue weighted by atomic mass is 32.2. The molecule has 0 bridgehead atoms. The smallest absolute Gasteiger partial charge is 0.454 e. The van der Waals surface area contributed by atoms with Gasteiger partial charge in [0.05, 0.1) is 6.04 Å². The van der Waals surface area contributed by atoms with Gasteiger partial charge in [-0.05, 0) is 28.7 Å². The molecule has 2 aromatic carbocycles. The summed E-state index contributed by atoms with van der Waals surface area (Å²) in [6, 6.07) is 5.95. The lowest BCUT2D eigenvalue weighted by atomic mass is 9.81. The van der Waals surface area contributed by atoms with E-state index in [1.165, 1.54) is 24.3 Å². The van der Waals surface area contributed by atoms with E-state index in [0.29, 0.717) is 0 Å². The first kappa shape index (κ1) is 22.6. The van der Waals surface area contributed by atoms with Crippen molar-refractivity contribution in [2.75, 3.05) is 5.73 Å². The number of carboxylic acid groups (broad SMARTS) is 1. The number of anilines is 1. The average Bonchev–Trinajstić information content (AvgIpc) is 2.88. The Kier molecular flexibility index (Phi) is 5.09. The molecule has 0 spiro atoms. The maximum Gasteiger partial charge on any atom is 0.454 e. The molecule has 11 heteroatoms. The van der Waals surface area contributed by atoms with Gasteiger partial charge in [-0.3, -0.25) is 4.79 Å². The van der Waals surface area contributed by atoms with Crippen LogP contribution in [0.4, 0.5) is 23.7 Å². The Hall–Kier alpha value is -3.08. The average molecular weight is 455 g/mol. The molecule has 0 saturated carbocycles. The number of benzene rings is 2. The third-order valence-corrected chi connectivity index (χ3v) is 6.78. The monoisotopic (exact) mass is 455 g/mol. The number of rotatable bonds is 2. The second-order valence-corrected chi connectivity index (χ2v) is 9.94. The molecule has 1 aliphatic rings. The zero-order chi connectivity index (χ0) is 23.5. The molecule has 1 aliphatic heterocycles. The van der Waals surface area contributed by atoms with Crippen LogP contribution >= 0.6 is 0 Å². The molecule has 1 atom stereocenters. The van der Waals surface area contributed by atoms with Crippen molar-refractivity contribution in [2.24, 2.45) is 5.41 Å². The van der Waals surface area contributed by atoms with Crippen LogP contribution in [0.1, 0.15) is 42.7 Å². The number of nitrogens with zero attached hydrogens (tertiary/aromatic N) is 1. The number of carbonyl (C=O) groups is 2. The van der Waals surface area contributed by atoms with Crippen molar-refractivity contribution >= 4 is 27.6 Å². The summed E-state index contributed by atoms with van der Waals surface area (Å²) in [7, 11) is -4.70. The quantitative estimate of drug-likeness (QED) is 0.549. The van der Waals surface area contributed by atoms with Gasteiger partial charge in [-0.1, -0.05) is 45.0 Å². The van der Waals surface area contributed by atoms with Crippen molar-refractivity contribution in [3.05, 3.63) is 47.5 Å². The number of amides is 1. The molecule has 0 fully saturated rings. The van der Waals surface area contributed by atoms with Crippen molar-refractivity contribution in [3.63, 3.8) is 0 Å². The molecule has 1 heterocycles. The number of hydrogen-bond acceptors (Lipinski definition) is 6. The Bertz CT molecular complexity index is 1200. The second-order valence-electron chi connectivity index (χ2n) is 8.19. The van der Waals surface area contributed by atoms with Crippen LogP contribution in [0.15, 0.2) is 41.3 Å². The Morgan fingerprint density at radius 2 is 1.68 bits per heavy atom. The minimum absolute atomic E-state index is 0.0800. The first-order valence-corrected chi connectivity index (χ1v) is 10.4. The molecule has 7 nitrogen and oxygen atoms in total. The fraction of sp³-hybridized carbons (Fsp3) is 0.300. The third kappa shape index (κ3) is 3.62. The molecule has 166 valence electrons. The number of ketones is 1. The maximum atomic E-state index is 13.2. The van der Waals surface area contributed by atoms with Crippen molar-refractivity contribution in [1.29, 1.82) is 0 Å². The van der Waals surface area contributed by atoms with Gasteiger partial charge in [0.2, 0.25) is 0 Å². The van der Waals surface area contributed by atoms with Gasteiger partial charge < -0.3 is 15.6 Å². The Morgan fingerprint density at radius 3 is 2.19 bits per heavy atom. The number of nitrogens with two attached hydrogens (primary N) is 1. The number of alkyl halides is 3. The number of Topliss-reactive ketones (excluding diaryl/α,β-unsaturated/α-hetero) is 1. The maximum absolute atomic E-state index is 13.2. The van der Waals surface area contributed by atoms with Crippen molar-refractivity contribution in [2.45, 2.75) is 37.9 Å². The van der Waals surface area contributed by atoms with Crippen LogP contribution in [0, 0.1) is 5.41 Å². The van der Waals surface area contributed by atoms with Crippen LogP contribution in [0.3, 0.4) is 0 Å². The Morgan fingerprint density at radius 1 is 1.06 bits per heavy atom. The normalized spacial score (nSPS) is 18.0. The lowest BCUT2D eigenvalue weighted by Crippen LogP contribution is -2.46. The van der Waals surface area contributed by atoms with Crippen LogP contribution in [-0.4, -0.2) is 30.8 Å². The van der Waals surface area contributed by atoms with Gasteiger partial charge in [0, 0.05) is 16.8 Å². The summed E-state index contributed by atoms with van der Waals surface area (Å²) in [6.07, 6.45) is -7.20. The highest BCUT2D eigenvalue weighted by Gasteiger charge is 2.50. The Labute approximate surface area is 176 Å². The zero-order valence-corrected chi connectivity index (χ0v) is 17.5. The number of carbonyl (C=O) groups excluding carboxylic acids is 2. The molecule has 3 rings (SSSR count). The van der Waals surface area contributed by atoms with E-state index in [9.17, 15) is 36.3 Å². The van der Waals surface area contributed by atoms with Gasteiger partial charge in [-0.15, -0.1) is 0 Å². The van der Waals surface area contributed by atoms with Crippen molar-refractivity contribution in [3.8, 4) is 11.1 Å². The fourth-order valence-corrected chi connectivity index (χ4v) is 5.83. The second kappa shape index (κ2) is 6.98. The molecule has 31 heavy (non-hydrogen) atoms. The lowest BCUT2D eigenvalue weighted by molar-refractivity contribution is -0.262. The van der Waals surface area contributed by atoms with Crippen LogP contribution in [0.2, 0.25) is 0 Å².